The van der Waals surface area contributed by atoms with Crippen LogP contribution in [0.4, 0.5) is 8.78 Å². The second-order valence-electron chi connectivity index (χ2n) is 4.24. The topological polar surface area (TPSA) is 54.7 Å². The molecule has 0 fully saturated rings. The van der Waals surface area contributed by atoms with Gasteiger partial charge in [-0.15, -0.1) is 11.3 Å². The van der Waals surface area contributed by atoms with E-state index in [1.165, 1.54) is 6.07 Å². The number of aromatic amines is 1. The number of rotatable bonds is 3. The maximum Gasteiger partial charge on any atom is 0.159 e. The van der Waals surface area contributed by atoms with Crippen LogP contribution in [0.25, 0.3) is 22.0 Å². The molecule has 3 nitrogen and oxygen atoms in total. The van der Waals surface area contributed by atoms with Gasteiger partial charge in [-0.05, 0) is 30.3 Å². The molecule has 0 unspecified atom stereocenters. The first-order valence-electron chi connectivity index (χ1n) is 5.97. The van der Waals surface area contributed by atoms with E-state index < -0.39 is 11.6 Å². The fraction of sp³-hybridized carbons (Fsp3) is 0.0714. The summed E-state index contributed by atoms with van der Waals surface area (Å²) in [6, 6.07) is 7.63. The van der Waals surface area contributed by atoms with Crippen LogP contribution in [0, 0.1) is 11.6 Å². The number of hydrogen-bond acceptors (Lipinski definition) is 3. The van der Waals surface area contributed by atoms with Crippen molar-refractivity contribution in [2.24, 2.45) is 5.73 Å². The summed E-state index contributed by atoms with van der Waals surface area (Å²) in [6.07, 6.45) is 1.60. The summed E-state index contributed by atoms with van der Waals surface area (Å²) in [4.78, 5) is 9.38. The van der Waals surface area contributed by atoms with Gasteiger partial charge < -0.3 is 10.7 Å². The van der Waals surface area contributed by atoms with Crippen LogP contribution in [0.1, 0.15) is 4.88 Å². The van der Waals surface area contributed by atoms with Crippen LogP contribution < -0.4 is 5.73 Å². The quantitative estimate of drug-likeness (QED) is 0.775. The lowest BCUT2D eigenvalue weighted by molar-refractivity contribution is 0.509. The van der Waals surface area contributed by atoms with Crippen LogP contribution in [-0.2, 0) is 6.54 Å². The number of aromatic nitrogens is 2. The molecule has 0 radical (unpaired) electrons. The van der Waals surface area contributed by atoms with Gasteiger partial charge >= 0.3 is 0 Å². The van der Waals surface area contributed by atoms with E-state index in [0.717, 1.165) is 21.9 Å². The van der Waals surface area contributed by atoms with Gasteiger partial charge in [-0.3, -0.25) is 0 Å². The lowest BCUT2D eigenvalue weighted by Crippen LogP contribution is -1.91. The van der Waals surface area contributed by atoms with Gasteiger partial charge in [0.25, 0.3) is 0 Å². The maximum atomic E-state index is 13.2. The summed E-state index contributed by atoms with van der Waals surface area (Å²) < 4.78 is 26.1. The van der Waals surface area contributed by atoms with Crippen molar-refractivity contribution in [3.05, 3.63) is 53.0 Å². The predicted octanol–water partition coefficient (Wildman–Crippen LogP) is 3.54. The number of halogens is 2. The standard InChI is InChI=1S/C14H11F2N3S/c15-10-3-1-8(5-11(10)16)12-7-18-14(19-12)13-4-2-9(6-17)20-13/h1-5,7H,6,17H2,(H,18,19). The van der Waals surface area contributed by atoms with Crippen molar-refractivity contribution in [1.82, 2.24) is 9.97 Å². The first-order chi connectivity index (χ1) is 9.67. The first-order valence-corrected chi connectivity index (χ1v) is 6.78. The molecule has 0 amide bonds. The monoisotopic (exact) mass is 291 g/mol. The molecule has 0 spiro atoms. The molecule has 2 heterocycles. The summed E-state index contributed by atoms with van der Waals surface area (Å²) in [5.41, 5.74) is 6.77. The summed E-state index contributed by atoms with van der Waals surface area (Å²) in [7, 11) is 0. The Hall–Kier alpha value is -2.05. The fourth-order valence-corrected chi connectivity index (χ4v) is 2.71. The maximum absolute atomic E-state index is 13.2. The highest BCUT2D eigenvalue weighted by Gasteiger charge is 2.10. The van der Waals surface area contributed by atoms with Crippen molar-refractivity contribution in [1.29, 1.82) is 0 Å². The third kappa shape index (κ3) is 2.35. The van der Waals surface area contributed by atoms with Crippen molar-refractivity contribution < 1.29 is 8.78 Å². The number of thiophene rings is 1. The number of nitrogens with two attached hydrogens (primary N) is 1. The van der Waals surface area contributed by atoms with Gasteiger partial charge in [0.15, 0.2) is 11.6 Å². The molecule has 20 heavy (non-hydrogen) atoms. The normalized spacial score (nSPS) is 10.9. The van der Waals surface area contributed by atoms with E-state index in [0.29, 0.717) is 23.6 Å². The van der Waals surface area contributed by atoms with Crippen LogP contribution in [0.15, 0.2) is 36.5 Å². The molecule has 3 rings (SSSR count). The molecular weight excluding hydrogens is 280 g/mol. The van der Waals surface area contributed by atoms with E-state index in [9.17, 15) is 8.78 Å². The molecule has 0 aliphatic rings. The second-order valence-corrected chi connectivity index (χ2v) is 5.41. The van der Waals surface area contributed by atoms with Crippen LogP contribution in [0.5, 0.6) is 0 Å². The van der Waals surface area contributed by atoms with E-state index in [4.69, 9.17) is 5.73 Å². The Kier molecular flexibility index (Phi) is 3.33. The number of nitrogens with zero attached hydrogens (tertiary/aromatic N) is 1. The molecule has 6 heteroatoms. The molecule has 0 aliphatic carbocycles. The fourth-order valence-electron chi connectivity index (χ4n) is 1.87. The van der Waals surface area contributed by atoms with Gasteiger partial charge in [0.1, 0.15) is 5.82 Å². The summed E-state index contributed by atoms with van der Waals surface area (Å²) >= 11 is 1.55. The minimum Gasteiger partial charge on any atom is -0.337 e. The number of hydrogen-bond donors (Lipinski definition) is 2. The summed E-state index contributed by atoms with van der Waals surface area (Å²) in [5, 5.41) is 0. The van der Waals surface area contributed by atoms with Gasteiger partial charge in [0, 0.05) is 17.0 Å². The first kappa shape index (κ1) is 13.0. The molecule has 3 N–H and O–H groups in total. The lowest BCUT2D eigenvalue weighted by atomic mass is 10.1. The van der Waals surface area contributed by atoms with Gasteiger partial charge in [0.2, 0.25) is 0 Å². The third-order valence-electron chi connectivity index (χ3n) is 2.90. The summed E-state index contributed by atoms with van der Waals surface area (Å²) in [5.74, 6) is -1.05. The van der Waals surface area contributed by atoms with Gasteiger partial charge in [-0.2, -0.15) is 0 Å². The second kappa shape index (κ2) is 5.15. The Labute approximate surface area is 118 Å². The molecule has 0 aliphatic heterocycles. The Morgan fingerprint density at radius 2 is 2.00 bits per heavy atom. The predicted molar refractivity (Wildman–Crippen MR) is 75.1 cm³/mol. The number of imidazole rings is 1. The van der Waals surface area contributed by atoms with Gasteiger partial charge in [-0.25, -0.2) is 13.8 Å². The lowest BCUT2D eigenvalue weighted by Gasteiger charge is -1.98. The van der Waals surface area contributed by atoms with Gasteiger partial charge in [0.05, 0.1) is 16.8 Å². The van der Waals surface area contributed by atoms with Crippen molar-refractivity contribution >= 4 is 11.3 Å². The van der Waals surface area contributed by atoms with Crippen molar-refractivity contribution in [2.45, 2.75) is 6.54 Å². The van der Waals surface area contributed by atoms with Crippen molar-refractivity contribution in [3.8, 4) is 22.0 Å². The molecule has 102 valence electrons. The average Bonchev–Trinajstić information content (AvgIpc) is 3.09. The summed E-state index contributed by atoms with van der Waals surface area (Å²) in [6.45, 7) is 0.488. The van der Waals surface area contributed by atoms with Crippen molar-refractivity contribution in [3.63, 3.8) is 0 Å². The van der Waals surface area contributed by atoms with Crippen molar-refractivity contribution in [2.75, 3.05) is 0 Å². The molecule has 0 saturated heterocycles. The Balaban J connectivity index is 1.95. The van der Waals surface area contributed by atoms with E-state index in [1.807, 2.05) is 12.1 Å². The zero-order valence-electron chi connectivity index (χ0n) is 10.4. The molecule has 0 bridgehead atoms. The van der Waals surface area contributed by atoms with E-state index in [1.54, 1.807) is 17.5 Å². The van der Waals surface area contributed by atoms with E-state index >= 15 is 0 Å². The van der Waals surface area contributed by atoms with Gasteiger partial charge in [-0.1, -0.05) is 0 Å². The number of H-pyrrole nitrogens is 1. The Bertz CT molecular complexity index is 748. The number of benzene rings is 1. The van der Waals surface area contributed by atoms with E-state index in [-0.39, 0.29) is 0 Å². The minimum atomic E-state index is -0.875. The molecule has 0 atom stereocenters. The molecule has 1 aromatic carbocycles. The zero-order chi connectivity index (χ0) is 14.1. The number of nitrogens with one attached hydrogen (secondary N) is 1. The highest BCUT2D eigenvalue weighted by Crippen LogP contribution is 2.28. The smallest absolute Gasteiger partial charge is 0.159 e. The molecule has 0 saturated carbocycles. The highest BCUT2D eigenvalue weighted by molar-refractivity contribution is 7.15. The molecular formula is C14H11F2N3S. The SMILES string of the molecule is NCc1ccc(-c2ncc(-c3ccc(F)c(F)c3)[nH]2)s1. The largest absolute Gasteiger partial charge is 0.337 e. The molecule has 2 aromatic heterocycles. The highest BCUT2D eigenvalue weighted by atomic mass is 32.1. The van der Waals surface area contributed by atoms with Crippen LogP contribution in [-0.4, -0.2) is 9.97 Å². The Morgan fingerprint density at radius 3 is 2.70 bits per heavy atom. The van der Waals surface area contributed by atoms with E-state index in [2.05, 4.69) is 9.97 Å². The minimum absolute atomic E-state index is 0.488. The third-order valence-corrected chi connectivity index (χ3v) is 4.02. The average molecular weight is 291 g/mol. The Morgan fingerprint density at radius 1 is 1.15 bits per heavy atom. The van der Waals surface area contributed by atoms with Crippen LogP contribution in [0.2, 0.25) is 0 Å². The van der Waals surface area contributed by atoms with Crippen LogP contribution >= 0.6 is 11.3 Å². The van der Waals surface area contributed by atoms with Crippen LogP contribution in [0.3, 0.4) is 0 Å². The zero-order valence-corrected chi connectivity index (χ0v) is 11.2. The molecule has 3 aromatic rings.